The summed E-state index contributed by atoms with van der Waals surface area (Å²) >= 11 is 5.54. The zero-order valence-electron chi connectivity index (χ0n) is 6.77. The Bertz CT molecular complexity index is 328. The monoisotopic (exact) mass is 208 g/mol. The number of benzene rings is 1. The lowest BCUT2D eigenvalue weighted by molar-refractivity contribution is 0.264. The molecule has 0 radical (unpaired) electrons. The van der Waals surface area contributed by atoms with Crippen molar-refractivity contribution in [2.75, 3.05) is 7.11 Å². The first-order valence-electron chi connectivity index (χ1n) is 3.43. The van der Waals surface area contributed by atoms with Crippen LogP contribution in [0.3, 0.4) is 0 Å². The van der Waals surface area contributed by atoms with E-state index in [1.165, 1.54) is 7.11 Å². The van der Waals surface area contributed by atoms with Gasteiger partial charge in [-0.3, -0.25) is 0 Å². The summed E-state index contributed by atoms with van der Waals surface area (Å²) in [7, 11) is 1.26. The van der Waals surface area contributed by atoms with Crippen LogP contribution in [0.1, 0.15) is 5.56 Å². The molecule has 0 saturated carbocycles. The Labute approximate surface area is 78.7 Å². The fourth-order valence-corrected chi connectivity index (χ4v) is 1.28. The molecule has 0 saturated heterocycles. The molecule has 13 heavy (non-hydrogen) atoms. The van der Waals surface area contributed by atoms with Gasteiger partial charge in [0.05, 0.1) is 24.3 Å². The molecule has 0 aromatic heterocycles. The van der Waals surface area contributed by atoms with Crippen LogP contribution in [-0.2, 0) is 6.61 Å². The average molecular weight is 209 g/mol. The number of hydrogen-bond donors (Lipinski definition) is 1. The van der Waals surface area contributed by atoms with Crippen LogP contribution in [0.5, 0.6) is 5.75 Å². The van der Waals surface area contributed by atoms with E-state index in [0.29, 0.717) is 0 Å². The van der Waals surface area contributed by atoms with Crippen LogP contribution in [0.15, 0.2) is 6.07 Å². The van der Waals surface area contributed by atoms with Gasteiger partial charge in [-0.1, -0.05) is 11.6 Å². The van der Waals surface area contributed by atoms with Crippen LogP contribution >= 0.6 is 11.6 Å². The van der Waals surface area contributed by atoms with E-state index in [9.17, 15) is 8.78 Å². The number of hydrogen-bond acceptors (Lipinski definition) is 2. The molecule has 1 rings (SSSR count). The molecular weight excluding hydrogens is 202 g/mol. The normalized spacial score (nSPS) is 10.2. The summed E-state index contributed by atoms with van der Waals surface area (Å²) < 4.78 is 30.4. The SMILES string of the molecule is COc1c(Cl)cc(F)c(F)c1CO. The van der Waals surface area contributed by atoms with Gasteiger partial charge in [-0.2, -0.15) is 0 Å². The van der Waals surface area contributed by atoms with Crippen LogP contribution in [0.2, 0.25) is 5.02 Å². The van der Waals surface area contributed by atoms with Crippen molar-refractivity contribution < 1.29 is 18.6 Å². The second-order valence-electron chi connectivity index (χ2n) is 2.32. The maximum Gasteiger partial charge on any atom is 0.168 e. The quantitative estimate of drug-likeness (QED) is 0.755. The van der Waals surface area contributed by atoms with E-state index >= 15 is 0 Å². The third-order valence-corrected chi connectivity index (χ3v) is 1.86. The van der Waals surface area contributed by atoms with E-state index in [1.54, 1.807) is 0 Å². The lowest BCUT2D eigenvalue weighted by Crippen LogP contribution is -1.99. The van der Waals surface area contributed by atoms with Crippen molar-refractivity contribution in [3.05, 3.63) is 28.3 Å². The van der Waals surface area contributed by atoms with Gasteiger partial charge < -0.3 is 9.84 Å². The molecule has 0 spiro atoms. The highest BCUT2D eigenvalue weighted by Gasteiger charge is 2.17. The second-order valence-corrected chi connectivity index (χ2v) is 2.73. The van der Waals surface area contributed by atoms with Gasteiger partial charge in [0.2, 0.25) is 0 Å². The Morgan fingerprint density at radius 2 is 2.15 bits per heavy atom. The second kappa shape index (κ2) is 3.89. The third-order valence-electron chi connectivity index (χ3n) is 1.58. The Balaban J connectivity index is 3.41. The maximum absolute atomic E-state index is 13.0. The molecule has 0 fully saturated rings. The van der Waals surface area contributed by atoms with Gasteiger partial charge >= 0.3 is 0 Å². The van der Waals surface area contributed by atoms with Crippen LogP contribution in [-0.4, -0.2) is 12.2 Å². The first-order valence-corrected chi connectivity index (χ1v) is 3.80. The Morgan fingerprint density at radius 3 is 2.62 bits per heavy atom. The predicted octanol–water partition coefficient (Wildman–Crippen LogP) is 2.12. The molecule has 5 heteroatoms. The molecular formula is C8H7ClF2O2. The molecule has 0 atom stereocenters. The molecule has 72 valence electrons. The summed E-state index contributed by atoms with van der Waals surface area (Å²) in [6.07, 6.45) is 0. The third kappa shape index (κ3) is 1.73. The summed E-state index contributed by atoms with van der Waals surface area (Å²) in [6.45, 7) is -0.660. The van der Waals surface area contributed by atoms with Crippen molar-refractivity contribution in [3.63, 3.8) is 0 Å². The van der Waals surface area contributed by atoms with Crippen LogP contribution in [0.25, 0.3) is 0 Å². The highest BCUT2D eigenvalue weighted by Crippen LogP contribution is 2.32. The molecule has 0 amide bonds. The minimum Gasteiger partial charge on any atom is -0.495 e. The number of ether oxygens (including phenoxy) is 1. The lowest BCUT2D eigenvalue weighted by Gasteiger charge is -2.09. The van der Waals surface area contributed by atoms with Crippen LogP contribution < -0.4 is 4.74 Å². The number of halogens is 3. The number of aliphatic hydroxyl groups is 1. The van der Waals surface area contributed by atoms with E-state index in [0.717, 1.165) is 6.07 Å². The molecule has 0 aliphatic heterocycles. The van der Waals surface area contributed by atoms with E-state index in [-0.39, 0.29) is 16.3 Å². The fraction of sp³-hybridized carbons (Fsp3) is 0.250. The summed E-state index contributed by atoms with van der Waals surface area (Å²) in [5.74, 6) is -2.28. The number of methoxy groups -OCH3 is 1. The van der Waals surface area contributed by atoms with Crippen LogP contribution in [0.4, 0.5) is 8.78 Å². The van der Waals surface area contributed by atoms with E-state index in [2.05, 4.69) is 0 Å². The van der Waals surface area contributed by atoms with Gasteiger partial charge in [0, 0.05) is 0 Å². The minimum atomic E-state index is -1.14. The van der Waals surface area contributed by atoms with Gasteiger partial charge in [-0.25, -0.2) is 8.78 Å². The topological polar surface area (TPSA) is 29.5 Å². The average Bonchev–Trinajstić information content (AvgIpc) is 2.10. The largest absolute Gasteiger partial charge is 0.495 e. The number of rotatable bonds is 2. The van der Waals surface area contributed by atoms with Crippen molar-refractivity contribution in [2.24, 2.45) is 0 Å². The predicted molar refractivity (Wildman–Crippen MR) is 43.8 cm³/mol. The molecule has 1 aromatic carbocycles. The molecule has 2 nitrogen and oxygen atoms in total. The molecule has 0 aliphatic rings. The van der Waals surface area contributed by atoms with E-state index in [4.69, 9.17) is 21.4 Å². The summed E-state index contributed by atoms with van der Waals surface area (Å²) in [5.41, 5.74) is -0.271. The Hall–Kier alpha value is -0.870. The highest BCUT2D eigenvalue weighted by atomic mass is 35.5. The molecule has 0 bridgehead atoms. The van der Waals surface area contributed by atoms with Crippen molar-refractivity contribution in [1.29, 1.82) is 0 Å². The van der Waals surface area contributed by atoms with Gasteiger partial charge in [0.25, 0.3) is 0 Å². The smallest absolute Gasteiger partial charge is 0.168 e. The molecule has 0 unspecified atom stereocenters. The zero-order valence-corrected chi connectivity index (χ0v) is 7.53. The minimum absolute atomic E-state index is 0.0388. The van der Waals surface area contributed by atoms with Gasteiger partial charge in [-0.15, -0.1) is 0 Å². The van der Waals surface area contributed by atoms with Crippen molar-refractivity contribution >= 4 is 11.6 Å². The molecule has 0 heterocycles. The maximum atomic E-state index is 13.0. The molecule has 1 N–H and O–H groups in total. The van der Waals surface area contributed by atoms with E-state index < -0.39 is 18.2 Å². The summed E-state index contributed by atoms with van der Waals surface area (Å²) in [4.78, 5) is 0. The first kappa shape index (κ1) is 10.2. The summed E-state index contributed by atoms with van der Waals surface area (Å²) in [6, 6.07) is 0.800. The van der Waals surface area contributed by atoms with Gasteiger partial charge in [-0.05, 0) is 6.07 Å². The highest BCUT2D eigenvalue weighted by molar-refractivity contribution is 6.32. The Morgan fingerprint density at radius 1 is 1.54 bits per heavy atom. The van der Waals surface area contributed by atoms with Crippen molar-refractivity contribution in [1.82, 2.24) is 0 Å². The first-order chi connectivity index (χ1) is 6.11. The zero-order chi connectivity index (χ0) is 10.0. The lowest BCUT2D eigenvalue weighted by atomic mass is 10.2. The van der Waals surface area contributed by atoms with Gasteiger partial charge in [0.1, 0.15) is 5.75 Å². The van der Waals surface area contributed by atoms with E-state index in [1.807, 2.05) is 0 Å². The van der Waals surface area contributed by atoms with Crippen molar-refractivity contribution in [3.8, 4) is 5.75 Å². The van der Waals surface area contributed by atoms with Crippen LogP contribution in [0, 0.1) is 11.6 Å². The van der Waals surface area contributed by atoms with Gasteiger partial charge in [0.15, 0.2) is 11.6 Å². The van der Waals surface area contributed by atoms with Crippen molar-refractivity contribution in [2.45, 2.75) is 6.61 Å². The fourth-order valence-electron chi connectivity index (χ4n) is 0.990. The molecule has 1 aromatic rings. The summed E-state index contributed by atoms with van der Waals surface area (Å²) in [5, 5.41) is 8.67. The Kier molecular flexibility index (Phi) is 3.06. The molecule has 0 aliphatic carbocycles. The number of aliphatic hydroxyl groups excluding tert-OH is 1. The standard InChI is InChI=1S/C8H7ClF2O2/c1-13-8-4(3-12)7(11)6(10)2-5(8)9/h2,12H,3H2,1H3.